The van der Waals surface area contributed by atoms with E-state index in [0.717, 1.165) is 24.8 Å². The molecule has 0 aliphatic heterocycles. The third kappa shape index (κ3) is 6.17. The van der Waals surface area contributed by atoms with E-state index in [4.69, 9.17) is 9.47 Å². The third-order valence-corrected chi connectivity index (χ3v) is 7.48. The summed E-state index contributed by atoms with van der Waals surface area (Å²) in [5.41, 5.74) is 3.02. The number of hydrogen-bond donors (Lipinski definition) is 1. The monoisotopic (exact) mass is 471 g/mol. The van der Waals surface area contributed by atoms with E-state index in [-0.39, 0.29) is 29.3 Å². The molecule has 0 fully saturated rings. The summed E-state index contributed by atoms with van der Waals surface area (Å²) in [4.78, 5) is 26.6. The molecule has 1 aromatic carbocycles. The molecule has 0 bridgehead atoms. The number of benzene rings is 1. The summed E-state index contributed by atoms with van der Waals surface area (Å²) in [6.45, 7) is 15.2. The lowest BCUT2D eigenvalue weighted by atomic mass is 9.72. The zero-order valence-corrected chi connectivity index (χ0v) is 21.8. The van der Waals surface area contributed by atoms with Gasteiger partial charge in [0.05, 0.1) is 12.2 Å². The van der Waals surface area contributed by atoms with Crippen LogP contribution >= 0.6 is 11.3 Å². The topological polar surface area (TPSA) is 64.6 Å². The highest BCUT2D eigenvalue weighted by Crippen LogP contribution is 2.44. The van der Waals surface area contributed by atoms with Gasteiger partial charge in [0.15, 0.2) is 6.61 Å². The second-order valence-electron chi connectivity index (χ2n) is 10.8. The molecule has 1 aromatic heterocycles. The van der Waals surface area contributed by atoms with Crippen LogP contribution in [0.2, 0.25) is 0 Å². The maximum absolute atomic E-state index is 12.8. The lowest BCUT2D eigenvalue weighted by molar-refractivity contribution is -0.118. The van der Waals surface area contributed by atoms with Crippen molar-refractivity contribution in [3.05, 3.63) is 45.8 Å². The number of nitrogens with one attached hydrogen (secondary N) is 1. The summed E-state index contributed by atoms with van der Waals surface area (Å²) < 4.78 is 11.0. The van der Waals surface area contributed by atoms with Crippen molar-refractivity contribution < 1.29 is 19.1 Å². The van der Waals surface area contributed by atoms with Crippen LogP contribution < -0.4 is 10.1 Å². The van der Waals surface area contributed by atoms with Crippen LogP contribution in [0, 0.1) is 11.3 Å². The number of anilines is 1. The Balaban J connectivity index is 1.73. The van der Waals surface area contributed by atoms with Crippen LogP contribution in [-0.2, 0) is 27.8 Å². The van der Waals surface area contributed by atoms with Gasteiger partial charge in [0.25, 0.3) is 5.91 Å². The van der Waals surface area contributed by atoms with E-state index in [2.05, 4.69) is 46.9 Å². The minimum absolute atomic E-state index is 0.0592. The van der Waals surface area contributed by atoms with Crippen molar-refractivity contribution >= 4 is 28.2 Å². The maximum Gasteiger partial charge on any atom is 0.341 e. The molecule has 1 N–H and O–H groups in total. The number of esters is 1. The summed E-state index contributed by atoms with van der Waals surface area (Å²) in [6, 6.07) is 7.80. The fourth-order valence-electron chi connectivity index (χ4n) is 4.20. The van der Waals surface area contributed by atoms with Crippen LogP contribution in [0.1, 0.15) is 81.2 Å². The first-order valence-electron chi connectivity index (χ1n) is 11.7. The van der Waals surface area contributed by atoms with Crippen molar-refractivity contribution in [3.63, 3.8) is 0 Å². The van der Waals surface area contributed by atoms with Gasteiger partial charge in [-0.3, -0.25) is 4.79 Å². The third-order valence-electron chi connectivity index (χ3n) is 6.31. The molecule has 1 amide bonds. The number of hydrogen-bond acceptors (Lipinski definition) is 5. The van der Waals surface area contributed by atoms with Crippen molar-refractivity contribution in [1.82, 2.24) is 0 Å². The van der Waals surface area contributed by atoms with Gasteiger partial charge in [-0.1, -0.05) is 53.7 Å². The normalized spacial score (nSPS) is 16.2. The molecule has 3 rings (SSSR count). The van der Waals surface area contributed by atoms with Crippen molar-refractivity contribution in [2.45, 2.75) is 73.1 Å². The van der Waals surface area contributed by atoms with Crippen LogP contribution in [-0.4, -0.2) is 25.1 Å². The van der Waals surface area contributed by atoms with E-state index in [1.807, 2.05) is 24.3 Å². The first-order chi connectivity index (χ1) is 15.4. The van der Waals surface area contributed by atoms with Crippen LogP contribution in [0.3, 0.4) is 0 Å². The predicted octanol–water partition coefficient (Wildman–Crippen LogP) is 6.39. The van der Waals surface area contributed by atoms with Gasteiger partial charge in [-0.25, -0.2) is 4.79 Å². The standard InChI is InChI=1S/C27H37NO4S/c1-8-31-25(30)23-20-14-11-18(27(5,6)7)15-21(20)33-24(23)28-22(29)16-32-19-12-9-17(10-13-19)26(2,3)4/h9-10,12-13,18H,8,11,14-16H2,1-7H3,(H,28,29). The van der Waals surface area contributed by atoms with Gasteiger partial charge in [-0.15, -0.1) is 11.3 Å². The highest BCUT2D eigenvalue weighted by Gasteiger charge is 2.34. The largest absolute Gasteiger partial charge is 0.484 e. The average molecular weight is 472 g/mol. The Morgan fingerprint density at radius 3 is 2.33 bits per heavy atom. The molecule has 1 unspecified atom stereocenters. The molecule has 5 nitrogen and oxygen atoms in total. The van der Waals surface area contributed by atoms with E-state index in [9.17, 15) is 9.59 Å². The van der Waals surface area contributed by atoms with Crippen molar-refractivity contribution in [2.24, 2.45) is 11.3 Å². The quantitative estimate of drug-likeness (QED) is 0.496. The molecule has 33 heavy (non-hydrogen) atoms. The molecule has 2 aromatic rings. The molecule has 1 aliphatic rings. The minimum atomic E-state index is -0.363. The second-order valence-corrected chi connectivity index (χ2v) is 12.0. The fraction of sp³-hybridized carbons (Fsp3) is 0.556. The molecule has 0 saturated carbocycles. The van der Waals surface area contributed by atoms with Gasteiger partial charge >= 0.3 is 5.97 Å². The summed E-state index contributed by atoms with van der Waals surface area (Å²) in [5, 5.41) is 3.49. The Labute approximate surface area is 201 Å². The van der Waals surface area contributed by atoms with E-state index in [0.29, 0.717) is 28.8 Å². The lowest BCUT2D eigenvalue weighted by Crippen LogP contribution is -2.26. The Hall–Kier alpha value is -2.34. The van der Waals surface area contributed by atoms with Gasteiger partial charge < -0.3 is 14.8 Å². The van der Waals surface area contributed by atoms with E-state index < -0.39 is 0 Å². The highest BCUT2D eigenvalue weighted by atomic mass is 32.1. The van der Waals surface area contributed by atoms with Crippen molar-refractivity contribution in [2.75, 3.05) is 18.5 Å². The first kappa shape index (κ1) is 25.3. The average Bonchev–Trinajstić information content (AvgIpc) is 3.08. The zero-order valence-electron chi connectivity index (χ0n) is 21.0. The second kappa shape index (κ2) is 9.88. The summed E-state index contributed by atoms with van der Waals surface area (Å²) in [6.07, 6.45) is 2.78. The molecule has 1 atom stereocenters. The maximum atomic E-state index is 12.8. The van der Waals surface area contributed by atoms with Crippen LogP contribution in [0.5, 0.6) is 5.75 Å². The molecule has 180 valence electrons. The number of fused-ring (bicyclic) bond motifs is 1. The molecule has 0 radical (unpaired) electrons. The zero-order chi connectivity index (χ0) is 24.4. The number of rotatable bonds is 6. The lowest BCUT2D eigenvalue weighted by Gasteiger charge is -2.33. The Morgan fingerprint density at radius 1 is 1.09 bits per heavy atom. The summed E-state index contributed by atoms with van der Waals surface area (Å²) in [7, 11) is 0. The number of ether oxygens (including phenoxy) is 2. The molecular formula is C27H37NO4S. The van der Waals surface area contributed by atoms with E-state index in [1.54, 1.807) is 6.92 Å². The molecule has 0 saturated heterocycles. The Morgan fingerprint density at radius 2 is 1.76 bits per heavy atom. The molecule has 1 aliphatic carbocycles. The summed E-state index contributed by atoms with van der Waals surface area (Å²) >= 11 is 1.50. The van der Waals surface area contributed by atoms with Crippen LogP contribution in [0.25, 0.3) is 0 Å². The Kier molecular flexibility index (Phi) is 7.57. The van der Waals surface area contributed by atoms with Gasteiger partial charge in [0, 0.05) is 4.88 Å². The molecule has 1 heterocycles. The number of thiophene rings is 1. The molecule has 0 spiro atoms. The number of carbonyl (C=O) groups is 2. The minimum Gasteiger partial charge on any atom is -0.484 e. The van der Waals surface area contributed by atoms with Gasteiger partial charge in [0.1, 0.15) is 10.8 Å². The van der Waals surface area contributed by atoms with Crippen LogP contribution in [0.15, 0.2) is 24.3 Å². The van der Waals surface area contributed by atoms with Gasteiger partial charge in [-0.2, -0.15) is 0 Å². The van der Waals surface area contributed by atoms with Crippen molar-refractivity contribution in [1.29, 1.82) is 0 Å². The molecular weight excluding hydrogens is 434 g/mol. The Bertz CT molecular complexity index is 993. The fourth-order valence-corrected chi connectivity index (χ4v) is 5.53. The number of amides is 1. The van der Waals surface area contributed by atoms with Gasteiger partial charge in [0.2, 0.25) is 0 Å². The predicted molar refractivity (Wildman–Crippen MR) is 135 cm³/mol. The SMILES string of the molecule is CCOC(=O)c1c(NC(=O)COc2ccc(C(C)(C)C)cc2)sc2c1CCC(C(C)(C)C)C2. The van der Waals surface area contributed by atoms with E-state index in [1.165, 1.54) is 21.8 Å². The molecule has 6 heteroatoms. The summed E-state index contributed by atoms with van der Waals surface area (Å²) in [5.74, 6) is 0.536. The first-order valence-corrected chi connectivity index (χ1v) is 12.6. The van der Waals surface area contributed by atoms with Gasteiger partial charge in [-0.05, 0) is 66.2 Å². The smallest absolute Gasteiger partial charge is 0.341 e. The number of carbonyl (C=O) groups excluding carboxylic acids is 2. The van der Waals surface area contributed by atoms with E-state index >= 15 is 0 Å². The van der Waals surface area contributed by atoms with Crippen LogP contribution in [0.4, 0.5) is 5.00 Å². The van der Waals surface area contributed by atoms with Crippen molar-refractivity contribution in [3.8, 4) is 5.75 Å². The highest BCUT2D eigenvalue weighted by molar-refractivity contribution is 7.17.